The first-order chi connectivity index (χ1) is 9.47. The Labute approximate surface area is 131 Å². The monoisotopic (exact) mass is 404 g/mol. The van der Waals surface area contributed by atoms with Crippen LogP contribution in [0.25, 0.3) is 0 Å². The van der Waals surface area contributed by atoms with Gasteiger partial charge in [0.25, 0.3) is 0 Å². The first kappa shape index (κ1) is 15.1. The lowest BCUT2D eigenvalue weighted by Gasteiger charge is -2.08. The van der Waals surface area contributed by atoms with Crippen molar-refractivity contribution in [2.75, 3.05) is 6.61 Å². The number of hydrogen-bond donors (Lipinski definition) is 0. The van der Waals surface area contributed by atoms with E-state index in [9.17, 15) is 13.6 Å². The summed E-state index contributed by atoms with van der Waals surface area (Å²) in [4.78, 5) is 11.8. The molecule has 0 aliphatic heterocycles. The van der Waals surface area contributed by atoms with E-state index in [1.54, 1.807) is 18.2 Å². The van der Waals surface area contributed by atoms with Gasteiger partial charge in [0.1, 0.15) is 17.4 Å². The molecular formula is C14H8Br2F2O2. The van der Waals surface area contributed by atoms with Crippen molar-refractivity contribution in [2.24, 2.45) is 0 Å². The summed E-state index contributed by atoms with van der Waals surface area (Å²) in [7, 11) is 0. The molecule has 2 aromatic rings. The fourth-order valence-electron chi connectivity index (χ4n) is 1.53. The van der Waals surface area contributed by atoms with E-state index in [-0.39, 0.29) is 12.2 Å². The minimum absolute atomic E-state index is 0.195. The maximum Gasteiger partial charge on any atom is 0.203 e. The van der Waals surface area contributed by atoms with Gasteiger partial charge in [0.2, 0.25) is 5.78 Å². The van der Waals surface area contributed by atoms with Crippen molar-refractivity contribution in [3.63, 3.8) is 0 Å². The predicted molar refractivity (Wildman–Crippen MR) is 78.0 cm³/mol. The van der Waals surface area contributed by atoms with Crippen LogP contribution in [0.4, 0.5) is 8.78 Å². The Kier molecular flexibility index (Phi) is 4.88. The lowest BCUT2D eigenvalue weighted by atomic mass is 10.1. The zero-order valence-electron chi connectivity index (χ0n) is 10.00. The van der Waals surface area contributed by atoms with Gasteiger partial charge in [-0.2, -0.15) is 0 Å². The fraction of sp³-hybridized carbons (Fsp3) is 0.0714. The van der Waals surface area contributed by atoms with Crippen molar-refractivity contribution in [1.82, 2.24) is 0 Å². The lowest BCUT2D eigenvalue weighted by Crippen LogP contribution is -2.13. The van der Waals surface area contributed by atoms with Crippen LogP contribution in [-0.2, 0) is 0 Å². The summed E-state index contributed by atoms with van der Waals surface area (Å²) in [6.07, 6.45) is 0. The molecule has 0 radical (unpaired) electrons. The number of halogens is 4. The highest BCUT2D eigenvalue weighted by atomic mass is 79.9. The number of Topliss-reactive ketones (excluding diaryl/α,β-unsaturated/α-hetero) is 1. The van der Waals surface area contributed by atoms with Gasteiger partial charge in [0.15, 0.2) is 6.61 Å². The molecule has 0 saturated carbocycles. The molecule has 2 nitrogen and oxygen atoms in total. The Morgan fingerprint density at radius 3 is 2.50 bits per heavy atom. The zero-order valence-corrected chi connectivity index (χ0v) is 13.2. The molecule has 0 aliphatic rings. The number of rotatable bonds is 4. The van der Waals surface area contributed by atoms with Crippen LogP contribution >= 0.6 is 31.9 Å². The Balaban J connectivity index is 2.08. The summed E-state index contributed by atoms with van der Waals surface area (Å²) in [6, 6.07) is 7.99. The number of benzene rings is 2. The van der Waals surface area contributed by atoms with Crippen LogP contribution in [0.1, 0.15) is 10.4 Å². The van der Waals surface area contributed by atoms with Crippen molar-refractivity contribution in [3.05, 3.63) is 62.5 Å². The third-order valence-corrected chi connectivity index (χ3v) is 3.60. The van der Waals surface area contributed by atoms with E-state index in [4.69, 9.17) is 4.74 Å². The highest BCUT2D eigenvalue weighted by molar-refractivity contribution is 9.11. The molecule has 6 heteroatoms. The molecule has 0 spiro atoms. The minimum atomic E-state index is -0.895. The first-order valence-corrected chi connectivity index (χ1v) is 7.12. The normalized spacial score (nSPS) is 10.4. The van der Waals surface area contributed by atoms with Crippen LogP contribution in [-0.4, -0.2) is 12.4 Å². The van der Waals surface area contributed by atoms with Gasteiger partial charge < -0.3 is 4.74 Å². The standard InChI is InChI=1S/C14H8Br2F2O2/c15-8-1-4-14(11(16)5-8)20-7-13(19)10-3-2-9(17)6-12(10)18/h1-6H,7H2. The average molecular weight is 406 g/mol. The molecule has 20 heavy (non-hydrogen) atoms. The van der Waals surface area contributed by atoms with E-state index < -0.39 is 17.4 Å². The van der Waals surface area contributed by atoms with Crippen molar-refractivity contribution in [2.45, 2.75) is 0 Å². The Morgan fingerprint density at radius 2 is 1.85 bits per heavy atom. The van der Waals surface area contributed by atoms with Gasteiger partial charge in [-0.1, -0.05) is 15.9 Å². The molecule has 0 fully saturated rings. The molecular weight excluding hydrogens is 398 g/mol. The summed E-state index contributed by atoms with van der Waals surface area (Å²) in [5.41, 5.74) is -0.195. The molecule has 0 aliphatic carbocycles. The fourth-order valence-corrected chi connectivity index (χ4v) is 2.69. The van der Waals surface area contributed by atoms with Crippen LogP contribution in [0.2, 0.25) is 0 Å². The van der Waals surface area contributed by atoms with Gasteiger partial charge in [-0.05, 0) is 46.3 Å². The number of hydrogen-bond acceptors (Lipinski definition) is 2. The van der Waals surface area contributed by atoms with Gasteiger partial charge >= 0.3 is 0 Å². The maximum atomic E-state index is 13.4. The second-order valence-electron chi connectivity index (χ2n) is 3.91. The molecule has 0 heterocycles. The molecule has 0 amide bonds. The number of carbonyl (C=O) groups excluding carboxylic acids is 1. The molecule has 0 saturated heterocycles. The summed E-state index contributed by atoms with van der Waals surface area (Å²) in [5.74, 6) is -1.72. The van der Waals surface area contributed by atoms with E-state index in [0.29, 0.717) is 16.3 Å². The van der Waals surface area contributed by atoms with Crippen molar-refractivity contribution < 1.29 is 18.3 Å². The van der Waals surface area contributed by atoms with Crippen LogP contribution in [0, 0.1) is 11.6 Å². The average Bonchev–Trinajstić information content (AvgIpc) is 2.37. The number of ether oxygens (including phenoxy) is 1. The van der Waals surface area contributed by atoms with E-state index in [0.717, 1.165) is 16.6 Å². The molecule has 0 atom stereocenters. The van der Waals surface area contributed by atoms with Gasteiger partial charge in [0, 0.05) is 10.5 Å². The second kappa shape index (κ2) is 6.45. The second-order valence-corrected chi connectivity index (χ2v) is 5.68. The Morgan fingerprint density at radius 1 is 1.10 bits per heavy atom. The highest BCUT2D eigenvalue weighted by Crippen LogP contribution is 2.28. The Hall–Kier alpha value is -1.27. The van der Waals surface area contributed by atoms with Gasteiger partial charge in [-0.15, -0.1) is 0 Å². The summed E-state index contributed by atoms with van der Waals surface area (Å²) in [6.45, 7) is -0.331. The van der Waals surface area contributed by atoms with Crippen LogP contribution < -0.4 is 4.74 Å². The summed E-state index contributed by atoms with van der Waals surface area (Å²) in [5, 5.41) is 0. The van der Waals surface area contributed by atoms with Crippen LogP contribution in [0.3, 0.4) is 0 Å². The van der Waals surface area contributed by atoms with Crippen molar-refractivity contribution >= 4 is 37.6 Å². The van der Waals surface area contributed by atoms with Crippen LogP contribution in [0.15, 0.2) is 45.3 Å². The lowest BCUT2D eigenvalue weighted by molar-refractivity contribution is 0.0917. The summed E-state index contributed by atoms with van der Waals surface area (Å²) >= 11 is 6.58. The SMILES string of the molecule is O=C(COc1ccc(Br)cc1Br)c1ccc(F)cc1F. The molecule has 0 aromatic heterocycles. The highest BCUT2D eigenvalue weighted by Gasteiger charge is 2.14. The van der Waals surface area contributed by atoms with E-state index in [2.05, 4.69) is 31.9 Å². The molecule has 0 N–H and O–H groups in total. The molecule has 104 valence electrons. The quantitative estimate of drug-likeness (QED) is 0.686. The topological polar surface area (TPSA) is 26.3 Å². The zero-order chi connectivity index (χ0) is 14.7. The van der Waals surface area contributed by atoms with E-state index in [1.165, 1.54) is 0 Å². The number of ketones is 1. The van der Waals surface area contributed by atoms with Gasteiger partial charge in [0.05, 0.1) is 10.0 Å². The third-order valence-electron chi connectivity index (χ3n) is 2.48. The van der Waals surface area contributed by atoms with E-state index in [1.807, 2.05) is 0 Å². The first-order valence-electron chi connectivity index (χ1n) is 5.53. The third kappa shape index (κ3) is 3.64. The predicted octanol–water partition coefficient (Wildman–Crippen LogP) is 4.75. The summed E-state index contributed by atoms with van der Waals surface area (Å²) < 4.78 is 33.0. The van der Waals surface area contributed by atoms with Gasteiger partial charge in [-0.3, -0.25) is 4.79 Å². The Bertz CT molecular complexity index is 660. The molecule has 0 bridgehead atoms. The van der Waals surface area contributed by atoms with Crippen molar-refractivity contribution in [3.8, 4) is 5.75 Å². The van der Waals surface area contributed by atoms with E-state index >= 15 is 0 Å². The van der Waals surface area contributed by atoms with Crippen LogP contribution in [0.5, 0.6) is 5.75 Å². The largest absolute Gasteiger partial charge is 0.484 e. The smallest absolute Gasteiger partial charge is 0.203 e. The number of carbonyl (C=O) groups is 1. The maximum absolute atomic E-state index is 13.4. The van der Waals surface area contributed by atoms with Gasteiger partial charge in [-0.25, -0.2) is 8.78 Å². The molecule has 0 unspecified atom stereocenters. The molecule has 2 aromatic carbocycles. The minimum Gasteiger partial charge on any atom is -0.484 e. The van der Waals surface area contributed by atoms with Crippen molar-refractivity contribution in [1.29, 1.82) is 0 Å². The molecule has 2 rings (SSSR count).